The van der Waals surface area contributed by atoms with E-state index in [1.54, 1.807) is 13.8 Å². The van der Waals surface area contributed by atoms with Gasteiger partial charge >= 0.3 is 0 Å². The molecule has 0 radical (unpaired) electrons. The first-order valence-corrected chi connectivity index (χ1v) is 6.10. The Morgan fingerprint density at radius 2 is 1.82 bits per heavy atom. The zero-order valence-corrected chi connectivity index (χ0v) is 10.8. The lowest BCUT2D eigenvalue weighted by molar-refractivity contribution is -0.133. The molecule has 5 N–H and O–H groups in total. The van der Waals surface area contributed by atoms with Gasteiger partial charge in [0.05, 0.1) is 0 Å². The molecule has 0 saturated heterocycles. The third-order valence-corrected chi connectivity index (χ3v) is 3.40. The molecule has 3 unspecified atom stereocenters. The summed E-state index contributed by atoms with van der Waals surface area (Å²) in [5, 5.41) is 2.70. The Labute approximate surface area is 102 Å². The Morgan fingerprint density at radius 3 is 2.29 bits per heavy atom. The standard InChI is InChI=1S/C12H23N3O2/c1-7-4-8(6-9(13)5-7)10(16)15-12(2,3)11(14)17/h7-9H,4-6,13H2,1-3H3,(H2,14,17)(H,15,16). The third-order valence-electron chi connectivity index (χ3n) is 3.40. The van der Waals surface area contributed by atoms with Gasteiger partial charge in [0, 0.05) is 12.0 Å². The van der Waals surface area contributed by atoms with Gasteiger partial charge in [-0.05, 0) is 39.0 Å². The van der Waals surface area contributed by atoms with Gasteiger partial charge in [0.15, 0.2) is 0 Å². The van der Waals surface area contributed by atoms with Crippen LogP contribution >= 0.6 is 0 Å². The largest absolute Gasteiger partial charge is 0.368 e. The fourth-order valence-corrected chi connectivity index (χ4v) is 2.34. The Balaban J connectivity index is 2.61. The molecule has 17 heavy (non-hydrogen) atoms. The summed E-state index contributed by atoms with van der Waals surface area (Å²) in [7, 11) is 0. The number of nitrogens with one attached hydrogen (secondary N) is 1. The molecule has 1 aliphatic rings. The van der Waals surface area contributed by atoms with E-state index in [4.69, 9.17) is 11.5 Å². The fraction of sp³-hybridized carbons (Fsp3) is 0.833. The molecule has 3 atom stereocenters. The maximum Gasteiger partial charge on any atom is 0.242 e. The summed E-state index contributed by atoms with van der Waals surface area (Å²) < 4.78 is 0. The summed E-state index contributed by atoms with van der Waals surface area (Å²) in [6, 6.07) is 0.0752. The molecule has 0 bridgehead atoms. The number of rotatable bonds is 3. The minimum atomic E-state index is -0.998. The third kappa shape index (κ3) is 3.70. The summed E-state index contributed by atoms with van der Waals surface area (Å²) in [6.45, 7) is 5.32. The number of nitrogens with two attached hydrogens (primary N) is 2. The van der Waals surface area contributed by atoms with Gasteiger partial charge in [-0.1, -0.05) is 6.92 Å². The van der Waals surface area contributed by atoms with Gasteiger partial charge in [-0.15, -0.1) is 0 Å². The van der Waals surface area contributed by atoms with E-state index in [0.717, 1.165) is 12.8 Å². The Hall–Kier alpha value is -1.10. The van der Waals surface area contributed by atoms with Crippen molar-refractivity contribution in [1.29, 1.82) is 0 Å². The minimum absolute atomic E-state index is 0.0752. The average Bonchev–Trinajstić information content (AvgIpc) is 2.15. The fourth-order valence-electron chi connectivity index (χ4n) is 2.34. The monoisotopic (exact) mass is 241 g/mol. The molecule has 0 aliphatic heterocycles. The van der Waals surface area contributed by atoms with Crippen molar-refractivity contribution < 1.29 is 9.59 Å². The molecule has 0 aromatic rings. The summed E-state index contributed by atoms with van der Waals surface area (Å²) in [5.74, 6) is -0.298. The molecule has 0 heterocycles. The lowest BCUT2D eigenvalue weighted by Gasteiger charge is -2.32. The Morgan fingerprint density at radius 1 is 1.24 bits per heavy atom. The van der Waals surface area contributed by atoms with Crippen molar-refractivity contribution in [1.82, 2.24) is 5.32 Å². The summed E-state index contributed by atoms with van der Waals surface area (Å²) in [5.41, 5.74) is 10.1. The maximum absolute atomic E-state index is 12.0. The zero-order chi connectivity index (χ0) is 13.2. The van der Waals surface area contributed by atoms with Crippen LogP contribution in [0.1, 0.15) is 40.0 Å². The molecule has 0 aromatic carbocycles. The second kappa shape index (κ2) is 5.04. The lowest BCUT2D eigenvalue weighted by atomic mass is 9.79. The van der Waals surface area contributed by atoms with Crippen molar-refractivity contribution in [2.45, 2.75) is 51.6 Å². The maximum atomic E-state index is 12.0. The van der Waals surface area contributed by atoms with Gasteiger partial charge in [0.2, 0.25) is 11.8 Å². The van der Waals surface area contributed by atoms with Crippen LogP contribution in [0, 0.1) is 11.8 Å². The van der Waals surface area contributed by atoms with E-state index >= 15 is 0 Å². The number of amides is 2. The molecule has 98 valence electrons. The van der Waals surface area contributed by atoms with Crippen molar-refractivity contribution in [3.05, 3.63) is 0 Å². The van der Waals surface area contributed by atoms with Crippen LogP contribution in [0.5, 0.6) is 0 Å². The molecule has 1 rings (SSSR count). The van der Waals surface area contributed by atoms with Crippen LogP contribution < -0.4 is 16.8 Å². The zero-order valence-electron chi connectivity index (χ0n) is 10.8. The lowest BCUT2D eigenvalue weighted by Crippen LogP contribution is -2.55. The Kier molecular flexibility index (Phi) is 4.14. The number of hydrogen-bond acceptors (Lipinski definition) is 3. The molecule has 1 saturated carbocycles. The van der Waals surface area contributed by atoms with Crippen LogP contribution in [0.3, 0.4) is 0 Å². The molecule has 0 aromatic heterocycles. The predicted molar refractivity (Wildman–Crippen MR) is 65.9 cm³/mol. The first kappa shape index (κ1) is 14.0. The quantitative estimate of drug-likeness (QED) is 0.655. The van der Waals surface area contributed by atoms with E-state index in [9.17, 15) is 9.59 Å². The number of carbonyl (C=O) groups is 2. The first-order valence-electron chi connectivity index (χ1n) is 6.10. The Bertz CT molecular complexity index is 305. The van der Waals surface area contributed by atoms with Crippen molar-refractivity contribution in [2.24, 2.45) is 23.3 Å². The van der Waals surface area contributed by atoms with Crippen molar-refractivity contribution in [3.63, 3.8) is 0 Å². The van der Waals surface area contributed by atoms with Crippen LogP contribution in [0.25, 0.3) is 0 Å². The highest BCUT2D eigenvalue weighted by atomic mass is 16.2. The molecule has 0 spiro atoms. The normalized spacial score (nSPS) is 29.8. The SMILES string of the molecule is CC1CC(N)CC(C(=O)NC(C)(C)C(N)=O)C1. The van der Waals surface area contributed by atoms with Crippen LogP contribution in [0.2, 0.25) is 0 Å². The van der Waals surface area contributed by atoms with E-state index in [-0.39, 0.29) is 17.9 Å². The average molecular weight is 241 g/mol. The summed E-state index contributed by atoms with van der Waals surface area (Å²) >= 11 is 0. The second-order valence-corrected chi connectivity index (χ2v) is 5.75. The van der Waals surface area contributed by atoms with E-state index in [1.807, 2.05) is 0 Å². The van der Waals surface area contributed by atoms with Crippen molar-refractivity contribution >= 4 is 11.8 Å². The minimum Gasteiger partial charge on any atom is -0.368 e. The molecule has 1 aliphatic carbocycles. The highest BCUT2D eigenvalue weighted by Crippen LogP contribution is 2.28. The topological polar surface area (TPSA) is 98.2 Å². The van der Waals surface area contributed by atoms with Gasteiger partial charge in [0.1, 0.15) is 5.54 Å². The van der Waals surface area contributed by atoms with Crippen molar-refractivity contribution in [2.75, 3.05) is 0 Å². The van der Waals surface area contributed by atoms with Crippen LogP contribution in [-0.4, -0.2) is 23.4 Å². The van der Waals surface area contributed by atoms with Gasteiger partial charge in [0.25, 0.3) is 0 Å². The molecule has 2 amide bonds. The van der Waals surface area contributed by atoms with E-state index < -0.39 is 11.4 Å². The smallest absolute Gasteiger partial charge is 0.242 e. The summed E-state index contributed by atoms with van der Waals surface area (Å²) in [6.07, 6.45) is 2.47. The first-order chi connectivity index (χ1) is 7.72. The number of primary amides is 1. The molecule has 5 heteroatoms. The van der Waals surface area contributed by atoms with Crippen LogP contribution in [-0.2, 0) is 9.59 Å². The van der Waals surface area contributed by atoms with E-state index in [1.165, 1.54) is 0 Å². The highest BCUT2D eigenvalue weighted by molar-refractivity contribution is 5.90. The highest BCUT2D eigenvalue weighted by Gasteiger charge is 2.34. The predicted octanol–water partition coefficient (Wildman–Crippen LogP) is 0.130. The van der Waals surface area contributed by atoms with Crippen LogP contribution in [0.15, 0.2) is 0 Å². The number of carbonyl (C=O) groups excluding carboxylic acids is 2. The molecular weight excluding hydrogens is 218 g/mol. The van der Waals surface area contributed by atoms with Gasteiger partial charge in [-0.2, -0.15) is 0 Å². The summed E-state index contributed by atoms with van der Waals surface area (Å²) in [4.78, 5) is 23.2. The molecule has 1 fully saturated rings. The molecular formula is C12H23N3O2. The van der Waals surface area contributed by atoms with Gasteiger partial charge in [-0.3, -0.25) is 9.59 Å². The number of hydrogen-bond donors (Lipinski definition) is 3. The van der Waals surface area contributed by atoms with E-state index in [0.29, 0.717) is 12.3 Å². The van der Waals surface area contributed by atoms with E-state index in [2.05, 4.69) is 12.2 Å². The van der Waals surface area contributed by atoms with Crippen LogP contribution in [0.4, 0.5) is 0 Å². The van der Waals surface area contributed by atoms with Crippen molar-refractivity contribution in [3.8, 4) is 0 Å². The van der Waals surface area contributed by atoms with Gasteiger partial charge in [-0.25, -0.2) is 0 Å². The second-order valence-electron chi connectivity index (χ2n) is 5.75. The molecule has 5 nitrogen and oxygen atoms in total. The van der Waals surface area contributed by atoms with Gasteiger partial charge < -0.3 is 16.8 Å².